The fourth-order valence-corrected chi connectivity index (χ4v) is 3.93. The molecule has 0 aromatic heterocycles. The Labute approximate surface area is 113 Å². The second kappa shape index (κ2) is 6.91. The van der Waals surface area contributed by atoms with Gasteiger partial charge in [0.15, 0.2) is 0 Å². The topological polar surface area (TPSA) is 29.3 Å². The van der Waals surface area contributed by atoms with Crippen molar-refractivity contribution in [3.05, 3.63) is 0 Å². The molecule has 1 saturated heterocycles. The van der Waals surface area contributed by atoms with Crippen LogP contribution in [0.25, 0.3) is 0 Å². The van der Waals surface area contributed by atoms with Crippen LogP contribution in [0.15, 0.2) is 0 Å². The zero-order valence-electron chi connectivity index (χ0n) is 12.4. The maximum atomic E-state index is 6.12. The van der Waals surface area contributed by atoms with Gasteiger partial charge in [0.1, 0.15) is 0 Å². The van der Waals surface area contributed by atoms with Crippen LogP contribution in [0.2, 0.25) is 0 Å². The van der Waals surface area contributed by atoms with Gasteiger partial charge in [0.25, 0.3) is 0 Å². The Balaban J connectivity index is 1.94. The molecule has 2 fully saturated rings. The maximum Gasteiger partial charge on any atom is 0.0246 e. The molecule has 1 heterocycles. The summed E-state index contributed by atoms with van der Waals surface area (Å²) >= 11 is 0. The molecule has 18 heavy (non-hydrogen) atoms. The summed E-state index contributed by atoms with van der Waals surface area (Å²) in [7, 11) is 0. The van der Waals surface area contributed by atoms with Crippen LogP contribution in [-0.4, -0.2) is 30.6 Å². The third-order valence-corrected chi connectivity index (χ3v) is 5.52. The normalized spacial score (nSPS) is 34.2. The van der Waals surface area contributed by atoms with E-state index >= 15 is 0 Å². The molecule has 0 aromatic rings. The first kappa shape index (κ1) is 14.3. The number of nitrogens with two attached hydrogens (primary N) is 1. The summed E-state index contributed by atoms with van der Waals surface area (Å²) < 4.78 is 0. The van der Waals surface area contributed by atoms with Crippen molar-refractivity contribution in [1.82, 2.24) is 4.90 Å². The Hall–Kier alpha value is -0.0800. The van der Waals surface area contributed by atoms with Gasteiger partial charge >= 0.3 is 0 Å². The zero-order valence-corrected chi connectivity index (χ0v) is 12.4. The lowest BCUT2D eigenvalue weighted by Gasteiger charge is -2.42. The molecule has 0 aromatic carbocycles. The summed E-state index contributed by atoms with van der Waals surface area (Å²) in [6.07, 6.45) is 9.96. The minimum absolute atomic E-state index is 0.665. The summed E-state index contributed by atoms with van der Waals surface area (Å²) in [5.41, 5.74) is 6.12. The van der Waals surface area contributed by atoms with Gasteiger partial charge in [0, 0.05) is 19.1 Å². The lowest BCUT2D eigenvalue weighted by Crippen LogP contribution is -2.51. The van der Waals surface area contributed by atoms with Gasteiger partial charge in [-0.3, -0.25) is 4.90 Å². The molecule has 106 valence electrons. The van der Waals surface area contributed by atoms with Crippen molar-refractivity contribution >= 4 is 0 Å². The van der Waals surface area contributed by atoms with Gasteiger partial charge in [0.05, 0.1) is 0 Å². The van der Waals surface area contributed by atoms with Crippen LogP contribution in [0.3, 0.4) is 0 Å². The summed E-state index contributed by atoms with van der Waals surface area (Å²) in [4.78, 5) is 2.72. The van der Waals surface area contributed by atoms with Crippen LogP contribution in [0.1, 0.15) is 58.8 Å². The van der Waals surface area contributed by atoms with Gasteiger partial charge in [-0.25, -0.2) is 0 Å². The smallest absolute Gasteiger partial charge is 0.0246 e. The Bertz CT molecular complexity index is 233. The summed E-state index contributed by atoms with van der Waals surface area (Å²) in [6.45, 7) is 8.25. The van der Waals surface area contributed by atoms with Gasteiger partial charge in [-0.15, -0.1) is 0 Å². The molecule has 3 atom stereocenters. The third-order valence-electron chi connectivity index (χ3n) is 5.52. The van der Waals surface area contributed by atoms with Crippen LogP contribution < -0.4 is 5.73 Å². The van der Waals surface area contributed by atoms with E-state index in [0.29, 0.717) is 6.04 Å². The standard InChI is InChI=1S/C16H32N2/c1-13-9-10-18(12-14(13)2)16(11-17)15-7-5-3-4-6-8-15/h13-16H,3-12,17H2,1-2H3. The van der Waals surface area contributed by atoms with Gasteiger partial charge in [-0.2, -0.15) is 0 Å². The fraction of sp³-hybridized carbons (Fsp3) is 1.00. The first-order chi connectivity index (χ1) is 8.72. The number of hydrogen-bond donors (Lipinski definition) is 1. The van der Waals surface area contributed by atoms with Gasteiger partial charge in [-0.1, -0.05) is 39.5 Å². The molecule has 0 bridgehead atoms. The lowest BCUT2D eigenvalue weighted by atomic mass is 9.84. The molecule has 1 aliphatic heterocycles. The monoisotopic (exact) mass is 252 g/mol. The van der Waals surface area contributed by atoms with E-state index in [-0.39, 0.29) is 0 Å². The molecule has 2 heteroatoms. The van der Waals surface area contributed by atoms with E-state index < -0.39 is 0 Å². The van der Waals surface area contributed by atoms with Crippen LogP contribution in [0, 0.1) is 17.8 Å². The first-order valence-corrected chi connectivity index (χ1v) is 8.16. The Morgan fingerprint density at radius 3 is 2.22 bits per heavy atom. The van der Waals surface area contributed by atoms with Crippen LogP contribution in [0.5, 0.6) is 0 Å². The molecule has 2 rings (SSSR count). The van der Waals surface area contributed by atoms with Crippen molar-refractivity contribution in [2.24, 2.45) is 23.5 Å². The molecule has 3 unspecified atom stereocenters. The average molecular weight is 252 g/mol. The fourth-order valence-electron chi connectivity index (χ4n) is 3.93. The molecule has 2 nitrogen and oxygen atoms in total. The highest BCUT2D eigenvalue weighted by Gasteiger charge is 2.31. The molecule has 1 aliphatic carbocycles. The van der Waals surface area contributed by atoms with E-state index in [0.717, 1.165) is 24.3 Å². The van der Waals surface area contributed by atoms with Gasteiger partial charge in [-0.05, 0) is 43.6 Å². The van der Waals surface area contributed by atoms with Crippen molar-refractivity contribution in [1.29, 1.82) is 0 Å². The van der Waals surface area contributed by atoms with Crippen molar-refractivity contribution in [2.75, 3.05) is 19.6 Å². The highest BCUT2D eigenvalue weighted by Crippen LogP contribution is 2.31. The van der Waals surface area contributed by atoms with E-state index in [2.05, 4.69) is 18.7 Å². The van der Waals surface area contributed by atoms with Gasteiger partial charge in [0.2, 0.25) is 0 Å². The molecule has 0 amide bonds. The summed E-state index contributed by atoms with van der Waals surface area (Å²) in [6, 6.07) is 0.665. The third kappa shape index (κ3) is 3.48. The van der Waals surface area contributed by atoms with E-state index in [1.807, 2.05) is 0 Å². The largest absolute Gasteiger partial charge is 0.329 e. The summed E-state index contributed by atoms with van der Waals surface area (Å²) in [5, 5.41) is 0. The van der Waals surface area contributed by atoms with Crippen molar-refractivity contribution in [3.8, 4) is 0 Å². The Morgan fingerprint density at radius 2 is 1.67 bits per heavy atom. The molecular formula is C16H32N2. The Kier molecular flexibility index (Phi) is 5.50. The van der Waals surface area contributed by atoms with Crippen LogP contribution >= 0.6 is 0 Å². The highest BCUT2D eigenvalue weighted by molar-refractivity contribution is 4.86. The predicted octanol–water partition coefficient (Wildman–Crippen LogP) is 3.26. The quantitative estimate of drug-likeness (QED) is 0.781. The molecular weight excluding hydrogens is 220 g/mol. The highest BCUT2D eigenvalue weighted by atomic mass is 15.2. The SMILES string of the molecule is CC1CCN(C(CN)C2CCCCCC2)CC1C. The molecule has 0 spiro atoms. The van der Waals surface area contributed by atoms with Crippen molar-refractivity contribution < 1.29 is 0 Å². The summed E-state index contributed by atoms with van der Waals surface area (Å²) in [5.74, 6) is 2.62. The number of rotatable bonds is 3. The van der Waals surface area contributed by atoms with Crippen LogP contribution in [-0.2, 0) is 0 Å². The van der Waals surface area contributed by atoms with Gasteiger partial charge < -0.3 is 5.73 Å². The lowest BCUT2D eigenvalue weighted by molar-refractivity contribution is 0.0651. The average Bonchev–Trinajstić information content (AvgIpc) is 2.64. The van der Waals surface area contributed by atoms with E-state index in [1.54, 1.807) is 0 Å². The molecule has 0 radical (unpaired) electrons. The van der Waals surface area contributed by atoms with Crippen molar-refractivity contribution in [3.63, 3.8) is 0 Å². The van der Waals surface area contributed by atoms with E-state index in [9.17, 15) is 0 Å². The molecule has 2 aliphatic rings. The number of likely N-dealkylation sites (tertiary alicyclic amines) is 1. The van der Waals surface area contributed by atoms with E-state index in [1.165, 1.54) is 58.0 Å². The molecule has 2 N–H and O–H groups in total. The second-order valence-corrected chi connectivity index (χ2v) is 6.79. The maximum absolute atomic E-state index is 6.12. The predicted molar refractivity (Wildman–Crippen MR) is 78.6 cm³/mol. The number of nitrogens with zero attached hydrogens (tertiary/aromatic N) is 1. The Morgan fingerprint density at radius 1 is 1.00 bits per heavy atom. The number of piperidine rings is 1. The van der Waals surface area contributed by atoms with E-state index in [4.69, 9.17) is 5.73 Å². The molecule has 1 saturated carbocycles. The van der Waals surface area contributed by atoms with Crippen LogP contribution in [0.4, 0.5) is 0 Å². The zero-order chi connectivity index (χ0) is 13.0. The van der Waals surface area contributed by atoms with Crippen molar-refractivity contribution in [2.45, 2.75) is 64.8 Å². The number of hydrogen-bond acceptors (Lipinski definition) is 2. The first-order valence-electron chi connectivity index (χ1n) is 8.16. The second-order valence-electron chi connectivity index (χ2n) is 6.79. The minimum Gasteiger partial charge on any atom is -0.329 e. The minimum atomic E-state index is 0.665.